The van der Waals surface area contributed by atoms with E-state index >= 15 is 0 Å². The molecule has 0 saturated carbocycles. The molecule has 186 valence electrons. The number of fused-ring (bicyclic) bond motifs is 1. The van der Waals surface area contributed by atoms with Crippen LogP contribution < -0.4 is 20.3 Å². The number of ether oxygens (including phenoxy) is 1. The summed E-state index contributed by atoms with van der Waals surface area (Å²) in [4.78, 5) is 38.1. The van der Waals surface area contributed by atoms with Crippen molar-refractivity contribution in [1.82, 2.24) is 0 Å². The number of nitrogens with zero attached hydrogens (tertiary/aromatic N) is 1. The molecule has 0 radical (unpaired) electrons. The summed E-state index contributed by atoms with van der Waals surface area (Å²) in [6, 6.07) is 20.0. The SMILES string of the molecule is COc1cc(CC(=O)Nc2ccc([C@H](C)CC(=O)O)cc2)ccc1NC(=O)N1CCc2ccccc21. The van der Waals surface area contributed by atoms with Crippen LogP contribution in [0.15, 0.2) is 66.7 Å². The molecule has 0 aromatic heterocycles. The lowest BCUT2D eigenvalue weighted by atomic mass is 9.98. The molecule has 0 bridgehead atoms. The smallest absolute Gasteiger partial charge is 0.326 e. The second-order valence-electron chi connectivity index (χ2n) is 8.84. The molecule has 3 N–H and O–H groups in total. The topological polar surface area (TPSA) is 108 Å². The van der Waals surface area contributed by atoms with Gasteiger partial charge < -0.3 is 20.5 Å². The van der Waals surface area contributed by atoms with Crippen LogP contribution in [0.2, 0.25) is 0 Å². The predicted octanol–water partition coefficient (Wildman–Crippen LogP) is 5.05. The van der Waals surface area contributed by atoms with Crippen molar-refractivity contribution in [3.8, 4) is 5.75 Å². The van der Waals surface area contributed by atoms with Crippen molar-refractivity contribution in [2.24, 2.45) is 0 Å². The zero-order valence-corrected chi connectivity index (χ0v) is 20.3. The number of carbonyl (C=O) groups is 3. The maximum atomic E-state index is 12.9. The molecule has 1 aliphatic rings. The van der Waals surface area contributed by atoms with E-state index in [4.69, 9.17) is 9.84 Å². The molecule has 1 heterocycles. The first-order valence-corrected chi connectivity index (χ1v) is 11.8. The lowest BCUT2D eigenvalue weighted by Gasteiger charge is -2.19. The first kappa shape index (κ1) is 24.8. The molecule has 0 spiro atoms. The van der Waals surface area contributed by atoms with E-state index in [0.717, 1.165) is 28.8 Å². The van der Waals surface area contributed by atoms with Crippen molar-refractivity contribution in [3.05, 3.63) is 83.4 Å². The third-order valence-electron chi connectivity index (χ3n) is 6.25. The highest BCUT2D eigenvalue weighted by molar-refractivity contribution is 6.04. The normalized spacial score (nSPS) is 13.0. The van der Waals surface area contributed by atoms with Gasteiger partial charge in [0.25, 0.3) is 0 Å². The Labute approximate surface area is 209 Å². The molecule has 36 heavy (non-hydrogen) atoms. The summed E-state index contributed by atoms with van der Waals surface area (Å²) in [7, 11) is 1.52. The third-order valence-corrected chi connectivity index (χ3v) is 6.25. The van der Waals surface area contributed by atoms with Crippen LogP contribution in [0.1, 0.15) is 36.0 Å². The molecular weight excluding hydrogens is 458 g/mol. The Morgan fingerprint density at radius 1 is 1.03 bits per heavy atom. The summed E-state index contributed by atoms with van der Waals surface area (Å²) < 4.78 is 5.48. The third kappa shape index (κ3) is 5.83. The molecule has 4 rings (SSSR count). The number of hydrogen-bond donors (Lipinski definition) is 3. The van der Waals surface area contributed by atoms with E-state index < -0.39 is 5.97 Å². The van der Waals surface area contributed by atoms with Crippen LogP contribution in [0.4, 0.5) is 21.9 Å². The molecule has 0 unspecified atom stereocenters. The largest absolute Gasteiger partial charge is 0.495 e. The zero-order valence-electron chi connectivity index (χ0n) is 20.3. The highest BCUT2D eigenvalue weighted by Gasteiger charge is 2.25. The van der Waals surface area contributed by atoms with Crippen molar-refractivity contribution < 1.29 is 24.2 Å². The highest BCUT2D eigenvalue weighted by Crippen LogP contribution is 2.30. The van der Waals surface area contributed by atoms with Gasteiger partial charge in [0.05, 0.1) is 25.6 Å². The Morgan fingerprint density at radius 2 is 1.78 bits per heavy atom. The van der Waals surface area contributed by atoms with E-state index in [9.17, 15) is 14.4 Å². The van der Waals surface area contributed by atoms with Gasteiger partial charge in [-0.25, -0.2) is 4.79 Å². The lowest BCUT2D eigenvalue weighted by Crippen LogP contribution is -2.33. The molecular formula is C28H29N3O5. The zero-order chi connectivity index (χ0) is 25.7. The Hall–Kier alpha value is -4.33. The number of nitrogens with one attached hydrogen (secondary N) is 2. The molecule has 8 heteroatoms. The van der Waals surface area contributed by atoms with Gasteiger partial charge in [0, 0.05) is 17.9 Å². The summed E-state index contributed by atoms with van der Waals surface area (Å²) in [5, 5.41) is 14.7. The highest BCUT2D eigenvalue weighted by atomic mass is 16.5. The predicted molar refractivity (Wildman–Crippen MR) is 139 cm³/mol. The molecule has 1 aliphatic heterocycles. The Bertz CT molecular complexity index is 1270. The minimum Gasteiger partial charge on any atom is -0.495 e. The van der Waals surface area contributed by atoms with Gasteiger partial charge in [0.1, 0.15) is 5.75 Å². The molecule has 8 nitrogen and oxygen atoms in total. The summed E-state index contributed by atoms with van der Waals surface area (Å²) in [5.41, 5.74) is 4.85. The van der Waals surface area contributed by atoms with Gasteiger partial charge >= 0.3 is 12.0 Å². The minimum absolute atomic E-state index is 0.0509. The van der Waals surface area contributed by atoms with Gasteiger partial charge in [-0.15, -0.1) is 0 Å². The Kier molecular flexibility index (Phi) is 7.53. The van der Waals surface area contributed by atoms with Crippen LogP contribution in [-0.2, 0) is 22.4 Å². The average molecular weight is 488 g/mol. The minimum atomic E-state index is -0.845. The number of aliphatic carboxylic acids is 1. The van der Waals surface area contributed by atoms with E-state index in [-0.39, 0.29) is 30.7 Å². The summed E-state index contributed by atoms with van der Waals surface area (Å²) in [6.07, 6.45) is 0.995. The number of hydrogen-bond acceptors (Lipinski definition) is 4. The molecule has 0 saturated heterocycles. The van der Waals surface area contributed by atoms with Crippen LogP contribution in [0.5, 0.6) is 5.75 Å². The van der Waals surface area contributed by atoms with Crippen LogP contribution in [0.25, 0.3) is 0 Å². The molecule has 1 atom stereocenters. The van der Waals surface area contributed by atoms with E-state index in [2.05, 4.69) is 10.6 Å². The molecule has 0 aliphatic carbocycles. The van der Waals surface area contributed by atoms with Crippen molar-refractivity contribution in [2.75, 3.05) is 29.2 Å². The van der Waals surface area contributed by atoms with Gasteiger partial charge in [-0.1, -0.05) is 43.3 Å². The summed E-state index contributed by atoms with van der Waals surface area (Å²) in [6.45, 7) is 2.47. The lowest BCUT2D eigenvalue weighted by molar-refractivity contribution is -0.137. The van der Waals surface area contributed by atoms with E-state index in [0.29, 0.717) is 23.7 Å². The van der Waals surface area contributed by atoms with E-state index in [1.54, 1.807) is 35.2 Å². The number of amides is 3. The summed E-state index contributed by atoms with van der Waals surface area (Å²) in [5.74, 6) is -0.687. The Balaban J connectivity index is 1.37. The fraction of sp³-hybridized carbons (Fsp3) is 0.250. The molecule has 0 fully saturated rings. The standard InChI is InChI=1S/C28H29N3O5/c1-18(15-27(33)34)20-8-10-22(11-9-20)29-26(32)17-19-7-12-23(25(16-19)36-2)30-28(35)31-14-13-21-5-3-4-6-24(21)31/h3-12,16,18H,13-15,17H2,1-2H3,(H,29,32)(H,30,35)(H,33,34)/t18-/m1/s1. The number of carboxylic acids is 1. The number of benzene rings is 3. The molecule has 3 aromatic carbocycles. The quantitative estimate of drug-likeness (QED) is 0.412. The van der Waals surface area contributed by atoms with Crippen molar-refractivity contribution in [3.63, 3.8) is 0 Å². The van der Waals surface area contributed by atoms with Crippen molar-refractivity contribution >= 4 is 35.0 Å². The molecule has 3 amide bonds. The Morgan fingerprint density at radius 3 is 2.50 bits per heavy atom. The van der Waals surface area contributed by atoms with E-state index in [1.807, 2.05) is 43.3 Å². The van der Waals surface area contributed by atoms with Crippen LogP contribution in [0, 0.1) is 0 Å². The fourth-order valence-corrected chi connectivity index (χ4v) is 4.35. The first-order chi connectivity index (χ1) is 17.3. The van der Waals surface area contributed by atoms with Crippen LogP contribution in [-0.4, -0.2) is 36.7 Å². The fourth-order valence-electron chi connectivity index (χ4n) is 4.35. The number of anilines is 3. The van der Waals surface area contributed by atoms with Gasteiger partial charge in [-0.3, -0.25) is 14.5 Å². The van der Waals surface area contributed by atoms with Crippen molar-refractivity contribution in [2.45, 2.75) is 32.1 Å². The average Bonchev–Trinajstić information content (AvgIpc) is 3.29. The number of para-hydroxylation sites is 1. The second kappa shape index (κ2) is 10.9. The monoisotopic (exact) mass is 487 g/mol. The summed E-state index contributed by atoms with van der Waals surface area (Å²) >= 11 is 0. The van der Waals surface area contributed by atoms with Crippen LogP contribution in [0.3, 0.4) is 0 Å². The number of methoxy groups -OCH3 is 1. The number of carbonyl (C=O) groups excluding carboxylic acids is 2. The van der Waals surface area contributed by atoms with Crippen molar-refractivity contribution in [1.29, 1.82) is 0 Å². The van der Waals surface area contributed by atoms with Gasteiger partial charge in [-0.05, 0) is 59.4 Å². The van der Waals surface area contributed by atoms with Crippen LogP contribution >= 0.6 is 0 Å². The maximum absolute atomic E-state index is 12.9. The van der Waals surface area contributed by atoms with Gasteiger partial charge in [0.15, 0.2) is 0 Å². The second-order valence-corrected chi connectivity index (χ2v) is 8.84. The molecule has 3 aromatic rings. The number of urea groups is 1. The van der Waals surface area contributed by atoms with Gasteiger partial charge in [-0.2, -0.15) is 0 Å². The number of carboxylic acid groups (broad SMARTS) is 1. The number of rotatable bonds is 8. The van der Waals surface area contributed by atoms with Gasteiger partial charge in [0.2, 0.25) is 5.91 Å². The first-order valence-electron chi connectivity index (χ1n) is 11.8. The van der Waals surface area contributed by atoms with E-state index in [1.165, 1.54) is 7.11 Å². The maximum Gasteiger partial charge on any atom is 0.326 e.